The molecular formula is C19H19BrN4O. The van der Waals surface area contributed by atoms with Crippen LogP contribution in [0.25, 0.3) is 10.9 Å². The molecule has 0 unspecified atom stereocenters. The summed E-state index contributed by atoms with van der Waals surface area (Å²) in [5, 5.41) is 8.39. The second-order valence-corrected chi connectivity index (χ2v) is 6.56. The van der Waals surface area contributed by atoms with E-state index in [0.29, 0.717) is 6.42 Å². The molecule has 5 nitrogen and oxygen atoms in total. The first-order chi connectivity index (χ1) is 12.2. The Kier molecular flexibility index (Phi) is 5.50. The van der Waals surface area contributed by atoms with Crippen LogP contribution in [0.4, 0.5) is 5.69 Å². The van der Waals surface area contributed by atoms with Crippen molar-refractivity contribution in [2.45, 2.75) is 19.4 Å². The fourth-order valence-corrected chi connectivity index (χ4v) is 2.98. The fraction of sp³-hybridized carbons (Fsp3) is 0.158. The van der Waals surface area contributed by atoms with Crippen molar-refractivity contribution in [1.82, 2.24) is 10.4 Å². The molecule has 0 saturated carbocycles. The van der Waals surface area contributed by atoms with E-state index in [1.54, 1.807) is 6.21 Å². The second kappa shape index (κ2) is 7.98. The number of hydrazone groups is 1. The third kappa shape index (κ3) is 4.28. The third-order valence-electron chi connectivity index (χ3n) is 3.89. The van der Waals surface area contributed by atoms with Crippen LogP contribution in [0.1, 0.15) is 18.9 Å². The molecule has 6 heteroatoms. The van der Waals surface area contributed by atoms with Gasteiger partial charge in [0.15, 0.2) is 0 Å². The van der Waals surface area contributed by atoms with Gasteiger partial charge in [0.05, 0.1) is 6.21 Å². The molecule has 3 rings (SSSR count). The topological polar surface area (TPSA) is 69.3 Å². The first-order valence-corrected chi connectivity index (χ1v) is 8.88. The summed E-state index contributed by atoms with van der Waals surface area (Å²) in [6, 6.07) is 15.3. The Labute approximate surface area is 154 Å². The van der Waals surface area contributed by atoms with E-state index in [0.717, 1.165) is 26.6 Å². The van der Waals surface area contributed by atoms with Crippen molar-refractivity contribution in [1.29, 1.82) is 0 Å². The van der Waals surface area contributed by atoms with E-state index < -0.39 is 0 Å². The van der Waals surface area contributed by atoms with Gasteiger partial charge in [0, 0.05) is 32.8 Å². The Morgan fingerprint density at radius 3 is 2.92 bits per heavy atom. The van der Waals surface area contributed by atoms with Crippen LogP contribution in [0.5, 0.6) is 0 Å². The van der Waals surface area contributed by atoms with Crippen LogP contribution in [0, 0.1) is 0 Å². The standard InChI is InChI=1S/C19H19BrN4O/c1-2-17(23-15-7-5-6-14(20)10-15)19(25)24-22-12-13-11-21-18-9-4-3-8-16(13)18/h3-12,17,21,23H,2H2,1H3,(H,24,25)/b22-12-/t17-/m1/s1. The SMILES string of the molecule is CC[C@@H](Nc1cccc(Br)c1)C(=O)N/N=C\c1c[nH]c2ccccc12. The summed E-state index contributed by atoms with van der Waals surface area (Å²) in [5.74, 6) is -0.168. The van der Waals surface area contributed by atoms with E-state index in [1.165, 1.54) is 0 Å². The van der Waals surface area contributed by atoms with Crippen molar-refractivity contribution in [3.63, 3.8) is 0 Å². The summed E-state index contributed by atoms with van der Waals surface area (Å²) in [7, 11) is 0. The first kappa shape index (κ1) is 17.2. The predicted octanol–water partition coefficient (Wildman–Crippen LogP) is 4.27. The minimum Gasteiger partial charge on any atom is -0.374 e. The van der Waals surface area contributed by atoms with Crippen LogP contribution in [0.2, 0.25) is 0 Å². The highest BCUT2D eigenvalue weighted by atomic mass is 79.9. The number of carbonyl (C=O) groups excluding carboxylic acids is 1. The van der Waals surface area contributed by atoms with Crippen molar-refractivity contribution in [3.05, 3.63) is 64.8 Å². The Morgan fingerprint density at radius 1 is 1.28 bits per heavy atom. The average molecular weight is 399 g/mol. The highest BCUT2D eigenvalue weighted by molar-refractivity contribution is 9.10. The maximum atomic E-state index is 12.3. The maximum Gasteiger partial charge on any atom is 0.262 e. The van der Waals surface area contributed by atoms with Gasteiger partial charge in [0.1, 0.15) is 6.04 Å². The zero-order chi connectivity index (χ0) is 17.6. The zero-order valence-corrected chi connectivity index (χ0v) is 15.4. The lowest BCUT2D eigenvalue weighted by Gasteiger charge is -2.16. The van der Waals surface area contributed by atoms with E-state index in [4.69, 9.17) is 0 Å². The second-order valence-electron chi connectivity index (χ2n) is 5.64. The van der Waals surface area contributed by atoms with Gasteiger partial charge in [0.25, 0.3) is 5.91 Å². The number of para-hydroxylation sites is 1. The number of nitrogens with one attached hydrogen (secondary N) is 3. The fourth-order valence-electron chi connectivity index (χ4n) is 2.58. The molecule has 1 heterocycles. The molecule has 1 amide bonds. The Hall–Kier alpha value is -2.60. The molecule has 128 valence electrons. The number of nitrogens with zero attached hydrogens (tertiary/aromatic N) is 1. The molecule has 3 N–H and O–H groups in total. The van der Waals surface area contributed by atoms with Gasteiger partial charge >= 0.3 is 0 Å². The predicted molar refractivity (Wildman–Crippen MR) is 106 cm³/mol. The van der Waals surface area contributed by atoms with E-state index in [2.05, 4.69) is 36.8 Å². The number of H-pyrrole nitrogens is 1. The Balaban J connectivity index is 1.64. The molecule has 1 aromatic heterocycles. The first-order valence-electron chi connectivity index (χ1n) is 8.08. The number of carbonyl (C=O) groups is 1. The van der Waals surface area contributed by atoms with Crippen molar-refractivity contribution in [2.75, 3.05) is 5.32 Å². The minimum atomic E-state index is -0.352. The summed E-state index contributed by atoms with van der Waals surface area (Å²) in [6.45, 7) is 1.96. The van der Waals surface area contributed by atoms with Crippen LogP contribution in [0.15, 0.2) is 64.3 Å². The molecule has 1 atom stereocenters. The highest BCUT2D eigenvalue weighted by Crippen LogP contribution is 2.17. The number of aromatic nitrogens is 1. The molecule has 3 aromatic rings. The molecular weight excluding hydrogens is 380 g/mol. The lowest BCUT2D eigenvalue weighted by atomic mass is 10.2. The molecule has 0 bridgehead atoms. The van der Waals surface area contributed by atoms with E-state index in [1.807, 2.05) is 61.7 Å². The van der Waals surface area contributed by atoms with Crippen molar-refractivity contribution in [2.24, 2.45) is 5.10 Å². The van der Waals surface area contributed by atoms with Crippen molar-refractivity contribution in [3.8, 4) is 0 Å². The van der Waals surface area contributed by atoms with Gasteiger partial charge in [-0.2, -0.15) is 5.10 Å². The molecule has 0 saturated heterocycles. The van der Waals surface area contributed by atoms with Crippen LogP contribution < -0.4 is 10.7 Å². The van der Waals surface area contributed by atoms with Crippen LogP contribution in [-0.2, 0) is 4.79 Å². The highest BCUT2D eigenvalue weighted by Gasteiger charge is 2.15. The van der Waals surface area contributed by atoms with Crippen LogP contribution in [0.3, 0.4) is 0 Å². The largest absolute Gasteiger partial charge is 0.374 e. The van der Waals surface area contributed by atoms with Gasteiger partial charge in [0.2, 0.25) is 0 Å². The monoisotopic (exact) mass is 398 g/mol. The average Bonchev–Trinajstić information content (AvgIpc) is 3.03. The normalized spacial score (nSPS) is 12.4. The summed E-state index contributed by atoms with van der Waals surface area (Å²) < 4.78 is 0.963. The minimum absolute atomic E-state index is 0.168. The number of rotatable bonds is 6. The number of benzene rings is 2. The maximum absolute atomic E-state index is 12.3. The quantitative estimate of drug-likeness (QED) is 0.428. The lowest BCUT2D eigenvalue weighted by molar-refractivity contribution is -0.121. The number of hydrogen-bond donors (Lipinski definition) is 3. The molecule has 0 fully saturated rings. The summed E-state index contributed by atoms with van der Waals surface area (Å²) in [6.07, 6.45) is 4.18. The van der Waals surface area contributed by atoms with Crippen molar-refractivity contribution < 1.29 is 4.79 Å². The Morgan fingerprint density at radius 2 is 2.12 bits per heavy atom. The molecule has 0 spiro atoms. The number of halogens is 1. The number of anilines is 1. The number of hydrogen-bond acceptors (Lipinski definition) is 3. The smallest absolute Gasteiger partial charge is 0.262 e. The van der Waals surface area contributed by atoms with Gasteiger partial charge in [-0.1, -0.05) is 47.1 Å². The number of fused-ring (bicyclic) bond motifs is 1. The third-order valence-corrected chi connectivity index (χ3v) is 4.38. The zero-order valence-electron chi connectivity index (χ0n) is 13.8. The van der Waals surface area contributed by atoms with E-state index in [-0.39, 0.29) is 11.9 Å². The van der Waals surface area contributed by atoms with E-state index in [9.17, 15) is 4.79 Å². The van der Waals surface area contributed by atoms with E-state index >= 15 is 0 Å². The van der Waals surface area contributed by atoms with Gasteiger partial charge in [-0.05, 0) is 30.7 Å². The van der Waals surface area contributed by atoms with Crippen LogP contribution >= 0.6 is 15.9 Å². The van der Waals surface area contributed by atoms with Gasteiger partial charge < -0.3 is 10.3 Å². The van der Waals surface area contributed by atoms with Gasteiger partial charge in [-0.15, -0.1) is 0 Å². The lowest BCUT2D eigenvalue weighted by Crippen LogP contribution is -2.36. The summed E-state index contributed by atoms with van der Waals surface area (Å²) in [4.78, 5) is 15.5. The van der Waals surface area contributed by atoms with Crippen molar-refractivity contribution >= 4 is 44.6 Å². The Bertz CT molecular complexity index is 903. The molecule has 0 aliphatic carbocycles. The molecule has 25 heavy (non-hydrogen) atoms. The van der Waals surface area contributed by atoms with Gasteiger partial charge in [-0.25, -0.2) is 5.43 Å². The van der Waals surface area contributed by atoms with Gasteiger partial charge in [-0.3, -0.25) is 4.79 Å². The summed E-state index contributed by atoms with van der Waals surface area (Å²) in [5.41, 5.74) is 5.47. The van der Waals surface area contributed by atoms with Crippen LogP contribution in [-0.4, -0.2) is 23.1 Å². The number of amides is 1. The summed E-state index contributed by atoms with van der Waals surface area (Å²) >= 11 is 3.43. The number of aromatic amines is 1. The molecule has 0 aliphatic rings. The molecule has 0 radical (unpaired) electrons. The molecule has 0 aliphatic heterocycles. The molecule has 2 aromatic carbocycles.